The maximum Gasteiger partial charge on any atom is 0.342 e. The number of nitrogens with zero attached hydrogens (tertiary/aromatic N) is 2. The number of nitro groups is 1. The Kier molecular flexibility index (Phi) is 4.40. The van der Waals surface area contributed by atoms with Crippen LogP contribution >= 0.6 is 0 Å². The van der Waals surface area contributed by atoms with E-state index in [1.165, 1.54) is 0 Å². The Labute approximate surface area is 121 Å². The second kappa shape index (κ2) is 6.07. The van der Waals surface area contributed by atoms with E-state index in [0.29, 0.717) is 25.1 Å². The maximum absolute atomic E-state index is 14.1. The lowest BCUT2D eigenvalue weighted by molar-refractivity contribution is -0.385. The summed E-state index contributed by atoms with van der Waals surface area (Å²) in [7, 11) is 0. The Morgan fingerprint density at radius 2 is 2.29 bits per heavy atom. The van der Waals surface area contributed by atoms with E-state index >= 15 is 0 Å². The van der Waals surface area contributed by atoms with Crippen LogP contribution in [0.25, 0.3) is 0 Å². The Hall–Kier alpha value is -2.18. The number of nitro benzene ring substituents is 1. The number of carboxylic acid groups (broad SMARTS) is 1. The molecule has 0 aliphatic carbocycles. The minimum atomic E-state index is -1.42. The first-order chi connectivity index (χ1) is 9.93. The van der Waals surface area contributed by atoms with Crippen LogP contribution in [0.2, 0.25) is 0 Å². The van der Waals surface area contributed by atoms with Crippen LogP contribution in [0.4, 0.5) is 15.8 Å². The highest BCUT2D eigenvalue weighted by molar-refractivity contribution is 5.93. The molecule has 1 N–H and O–H groups in total. The summed E-state index contributed by atoms with van der Waals surface area (Å²) >= 11 is 0. The van der Waals surface area contributed by atoms with Gasteiger partial charge in [-0.3, -0.25) is 10.1 Å². The van der Waals surface area contributed by atoms with Gasteiger partial charge in [-0.15, -0.1) is 0 Å². The summed E-state index contributed by atoms with van der Waals surface area (Å²) in [6.07, 6.45) is 3.01. The predicted molar refractivity (Wildman–Crippen MR) is 75.2 cm³/mol. The van der Waals surface area contributed by atoms with Crippen LogP contribution in [0, 0.1) is 21.8 Å². The molecule has 1 aromatic carbocycles. The molecule has 6 nitrogen and oxygen atoms in total. The van der Waals surface area contributed by atoms with Crippen molar-refractivity contribution in [1.29, 1.82) is 0 Å². The van der Waals surface area contributed by atoms with Crippen molar-refractivity contribution in [2.24, 2.45) is 5.92 Å². The third-order valence-corrected chi connectivity index (χ3v) is 3.82. The van der Waals surface area contributed by atoms with Crippen molar-refractivity contribution in [3.63, 3.8) is 0 Å². The zero-order valence-corrected chi connectivity index (χ0v) is 11.7. The number of aromatic carboxylic acids is 1. The summed E-state index contributed by atoms with van der Waals surface area (Å²) in [6.45, 7) is 3.37. The quantitative estimate of drug-likeness (QED) is 0.667. The Morgan fingerprint density at radius 3 is 2.86 bits per heavy atom. The van der Waals surface area contributed by atoms with Gasteiger partial charge in [-0.05, 0) is 24.8 Å². The fourth-order valence-corrected chi connectivity index (χ4v) is 2.81. The molecule has 7 heteroatoms. The number of hydrogen-bond acceptors (Lipinski definition) is 4. The molecular weight excluding hydrogens is 279 g/mol. The highest BCUT2D eigenvalue weighted by Gasteiger charge is 2.28. The first-order valence-electron chi connectivity index (χ1n) is 6.90. The van der Waals surface area contributed by atoms with E-state index in [2.05, 4.69) is 6.92 Å². The summed E-state index contributed by atoms with van der Waals surface area (Å²) in [5, 5.41) is 19.9. The van der Waals surface area contributed by atoms with Crippen molar-refractivity contribution in [1.82, 2.24) is 0 Å². The third kappa shape index (κ3) is 3.12. The third-order valence-electron chi connectivity index (χ3n) is 3.82. The molecule has 1 atom stereocenters. The van der Waals surface area contributed by atoms with Crippen molar-refractivity contribution in [2.75, 3.05) is 18.0 Å². The SMILES string of the molecule is CCCC1CCN(c2cc(C(=O)O)c([N+](=O)[O-])cc2F)C1. The van der Waals surface area contributed by atoms with E-state index < -0.39 is 28.0 Å². The second-order valence-corrected chi connectivity index (χ2v) is 5.27. The number of benzene rings is 1. The molecule has 1 unspecified atom stereocenters. The van der Waals surface area contributed by atoms with E-state index in [-0.39, 0.29) is 5.69 Å². The van der Waals surface area contributed by atoms with Gasteiger partial charge in [0, 0.05) is 13.1 Å². The maximum atomic E-state index is 14.1. The van der Waals surface area contributed by atoms with Gasteiger partial charge in [-0.2, -0.15) is 0 Å². The van der Waals surface area contributed by atoms with Crippen LogP contribution in [0.1, 0.15) is 36.5 Å². The van der Waals surface area contributed by atoms with Gasteiger partial charge in [0.25, 0.3) is 5.69 Å². The normalized spacial score (nSPS) is 18.0. The molecule has 0 spiro atoms. The molecule has 0 saturated carbocycles. The van der Waals surface area contributed by atoms with Gasteiger partial charge >= 0.3 is 5.97 Å². The summed E-state index contributed by atoms with van der Waals surface area (Å²) in [4.78, 5) is 22.8. The van der Waals surface area contributed by atoms with Crippen molar-refractivity contribution in [3.05, 3.63) is 33.6 Å². The van der Waals surface area contributed by atoms with Gasteiger partial charge in [0.05, 0.1) is 16.7 Å². The molecular formula is C14H17FN2O4. The Bertz CT molecular complexity index is 576. The van der Waals surface area contributed by atoms with Gasteiger partial charge in [0.2, 0.25) is 0 Å². The zero-order chi connectivity index (χ0) is 15.6. The summed E-state index contributed by atoms with van der Waals surface area (Å²) in [5.41, 5.74) is -1.06. The smallest absolute Gasteiger partial charge is 0.342 e. The molecule has 1 aromatic rings. The standard InChI is InChI=1S/C14H17FN2O4/c1-2-3-9-4-5-16(8-9)13-6-10(14(18)19)12(17(20)21)7-11(13)15/h6-7,9H,2-5,8H2,1H3,(H,18,19). The van der Waals surface area contributed by atoms with Crippen LogP contribution < -0.4 is 4.90 Å². The van der Waals surface area contributed by atoms with Crippen LogP contribution in [0.5, 0.6) is 0 Å². The summed E-state index contributed by atoms with van der Waals surface area (Å²) < 4.78 is 14.1. The second-order valence-electron chi connectivity index (χ2n) is 5.27. The lowest BCUT2D eigenvalue weighted by Crippen LogP contribution is -2.21. The van der Waals surface area contributed by atoms with Gasteiger partial charge in [0.1, 0.15) is 5.56 Å². The number of carbonyl (C=O) groups is 1. The lowest BCUT2D eigenvalue weighted by atomic mass is 10.0. The predicted octanol–water partition coefficient (Wildman–Crippen LogP) is 3.06. The molecule has 1 heterocycles. The molecule has 0 bridgehead atoms. The van der Waals surface area contributed by atoms with Crippen molar-refractivity contribution in [3.8, 4) is 0 Å². The van der Waals surface area contributed by atoms with E-state index in [1.807, 2.05) is 0 Å². The molecule has 0 amide bonds. The van der Waals surface area contributed by atoms with Gasteiger partial charge in [0.15, 0.2) is 5.82 Å². The van der Waals surface area contributed by atoms with Crippen LogP contribution in [-0.2, 0) is 0 Å². The van der Waals surface area contributed by atoms with E-state index in [4.69, 9.17) is 5.11 Å². The van der Waals surface area contributed by atoms with Crippen LogP contribution in [0.3, 0.4) is 0 Å². The average molecular weight is 296 g/mol. The fourth-order valence-electron chi connectivity index (χ4n) is 2.81. The minimum Gasteiger partial charge on any atom is -0.477 e. The van der Waals surface area contributed by atoms with Crippen molar-refractivity contribution >= 4 is 17.3 Å². The number of rotatable bonds is 5. The monoisotopic (exact) mass is 296 g/mol. The topological polar surface area (TPSA) is 83.7 Å². The molecule has 21 heavy (non-hydrogen) atoms. The van der Waals surface area contributed by atoms with Crippen LogP contribution in [-0.4, -0.2) is 29.1 Å². The number of anilines is 1. The molecule has 2 rings (SSSR count). The van der Waals surface area contributed by atoms with E-state index in [0.717, 1.165) is 25.3 Å². The average Bonchev–Trinajstić information content (AvgIpc) is 2.86. The molecule has 0 radical (unpaired) electrons. The number of halogens is 1. The Balaban J connectivity index is 2.35. The van der Waals surface area contributed by atoms with E-state index in [9.17, 15) is 19.3 Å². The molecule has 114 valence electrons. The van der Waals surface area contributed by atoms with Crippen molar-refractivity contribution < 1.29 is 19.2 Å². The van der Waals surface area contributed by atoms with Crippen molar-refractivity contribution in [2.45, 2.75) is 26.2 Å². The fraction of sp³-hybridized carbons (Fsp3) is 0.500. The molecule has 1 aliphatic heterocycles. The first kappa shape index (κ1) is 15.2. The molecule has 1 fully saturated rings. The van der Waals surface area contributed by atoms with Gasteiger partial charge < -0.3 is 10.0 Å². The molecule has 1 aliphatic rings. The largest absolute Gasteiger partial charge is 0.477 e. The zero-order valence-electron chi connectivity index (χ0n) is 11.7. The summed E-state index contributed by atoms with van der Waals surface area (Å²) in [5.74, 6) is -1.71. The minimum absolute atomic E-state index is 0.136. The summed E-state index contributed by atoms with van der Waals surface area (Å²) in [6, 6.07) is 1.77. The first-order valence-corrected chi connectivity index (χ1v) is 6.90. The number of hydrogen-bond donors (Lipinski definition) is 1. The Morgan fingerprint density at radius 1 is 1.57 bits per heavy atom. The van der Waals surface area contributed by atoms with Gasteiger partial charge in [-0.1, -0.05) is 13.3 Å². The number of carboxylic acids is 1. The molecule has 0 aromatic heterocycles. The highest BCUT2D eigenvalue weighted by atomic mass is 19.1. The highest BCUT2D eigenvalue weighted by Crippen LogP contribution is 2.32. The lowest BCUT2D eigenvalue weighted by Gasteiger charge is -2.19. The van der Waals surface area contributed by atoms with Gasteiger partial charge in [-0.25, -0.2) is 9.18 Å². The molecule has 1 saturated heterocycles. The van der Waals surface area contributed by atoms with E-state index in [1.54, 1.807) is 4.90 Å². The van der Waals surface area contributed by atoms with Crippen LogP contribution in [0.15, 0.2) is 12.1 Å².